The van der Waals surface area contributed by atoms with Crippen LogP contribution < -0.4 is 5.32 Å². The van der Waals surface area contributed by atoms with Gasteiger partial charge in [0.15, 0.2) is 0 Å². The molecule has 0 spiro atoms. The van der Waals surface area contributed by atoms with E-state index < -0.39 is 11.4 Å². The third-order valence-electron chi connectivity index (χ3n) is 5.23. The van der Waals surface area contributed by atoms with Crippen molar-refractivity contribution in [2.24, 2.45) is 18.4 Å². The van der Waals surface area contributed by atoms with Crippen LogP contribution >= 0.6 is 0 Å². The number of nitrogens with one attached hydrogen (secondary N) is 1. The number of hydrogen-bond acceptors (Lipinski definition) is 3. The van der Waals surface area contributed by atoms with Crippen LogP contribution in [-0.2, 0) is 11.8 Å². The number of carbonyl (C=O) groups is 2. The summed E-state index contributed by atoms with van der Waals surface area (Å²) in [5.41, 5.74) is 0.801. The molecule has 7 heteroatoms. The van der Waals surface area contributed by atoms with E-state index in [1.807, 2.05) is 20.9 Å². The summed E-state index contributed by atoms with van der Waals surface area (Å²) in [6, 6.07) is -0.227. The molecular weight excluding hydrogens is 296 g/mol. The molecule has 0 unspecified atom stereocenters. The number of aryl methyl sites for hydroxylation is 1. The maximum absolute atomic E-state index is 12.6. The standard InChI is InChI=1S/C16H24N4O3/c1-10(2)13-12(8-19(3)18-13)17-15(23)20-7-11-5-4-6-16(11,9-20)14(21)22/h8,10-11H,4-7,9H2,1-3H3,(H,17,23)(H,21,22)/t11-,16+/m0/s1. The number of aliphatic carboxylic acids is 1. The normalized spacial score (nSPS) is 26.6. The molecule has 7 nitrogen and oxygen atoms in total. The fourth-order valence-corrected chi connectivity index (χ4v) is 4.02. The van der Waals surface area contributed by atoms with Crippen LogP contribution in [0.5, 0.6) is 0 Å². The van der Waals surface area contributed by atoms with E-state index in [-0.39, 0.29) is 17.9 Å². The van der Waals surface area contributed by atoms with Gasteiger partial charge < -0.3 is 15.3 Å². The number of amides is 2. The van der Waals surface area contributed by atoms with Crippen LogP contribution in [0.1, 0.15) is 44.7 Å². The van der Waals surface area contributed by atoms with Crippen LogP contribution in [0.4, 0.5) is 10.5 Å². The number of fused-ring (bicyclic) bond motifs is 1. The summed E-state index contributed by atoms with van der Waals surface area (Å²) in [5, 5.41) is 16.9. The number of carbonyl (C=O) groups excluding carboxylic acids is 1. The minimum atomic E-state index is -0.764. The number of anilines is 1. The molecule has 2 N–H and O–H groups in total. The van der Waals surface area contributed by atoms with Gasteiger partial charge in [-0.1, -0.05) is 20.3 Å². The van der Waals surface area contributed by atoms with Crippen molar-refractivity contribution in [1.82, 2.24) is 14.7 Å². The van der Waals surface area contributed by atoms with Gasteiger partial charge in [-0.15, -0.1) is 0 Å². The Morgan fingerprint density at radius 1 is 1.48 bits per heavy atom. The van der Waals surface area contributed by atoms with E-state index in [0.29, 0.717) is 25.2 Å². The van der Waals surface area contributed by atoms with Crippen molar-refractivity contribution in [2.75, 3.05) is 18.4 Å². The Morgan fingerprint density at radius 3 is 2.83 bits per heavy atom. The molecule has 1 saturated carbocycles. The molecule has 126 valence electrons. The van der Waals surface area contributed by atoms with Crippen molar-refractivity contribution in [1.29, 1.82) is 0 Å². The fraction of sp³-hybridized carbons (Fsp3) is 0.688. The minimum Gasteiger partial charge on any atom is -0.481 e. The maximum Gasteiger partial charge on any atom is 0.321 e. The van der Waals surface area contributed by atoms with Gasteiger partial charge in [-0.3, -0.25) is 9.48 Å². The predicted octanol–water partition coefficient (Wildman–Crippen LogP) is 2.26. The predicted molar refractivity (Wildman–Crippen MR) is 85.3 cm³/mol. The van der Waals surface area contributed by atoms with E-state index in [0.717, 1.165) is 18.5 Å². The largest absolute Gasteiger partial charge is 0.481 e. The number of carboxylic acid groups (broad SMARTS) is 1. The van der Waals surface area contributed by atoms with E-state index in [9.17, 15) is 14.7 Å². The second-order valence-electron chi connectivity index (χ2n) is 7.12. The number of likely N-dealkylation sites (tertiary alicyclic amines) is 1. The Morgan fingerprint density at radius 2 is 2.22 bits per heavy atom. The van der Waals surface area contributed by atoms with Gasteiger partial charge in [0, 0.05) is 26.3 Å². The first kappa shape index (κ1) is 15.8. The van der Waals surface area contributed by atoms with Gasteiger partial charge in [-0.05, 0) is 24.7 Å². The second-order valence-corrected chi connectivity index (χ2v) is 7.12. The van der Waals surface area contributed by atoms with Crippen LogP contribution in [0.2, 0.25) is 0 Å². The Labute approximate surface area is 135 Å². The zero-order chi connectivity index (χ0) is 16.8. The highest BCUT2D eigenvalue weighted by atomic mass is 16.4. The van der Waals surface area contributed by atoms with Crippen molar-refractivity contribution in [3.63, 3.8) is 0 Å². The first-order valence-corrected chi connectivity index (χ1v) is 8.16. The molecule has 0 bridgehead atoms. The van der Waals surface area contributed by atoms with Crippen molar-refractivity contribution >= 4 is 17.7 Å². The number of urea groups is 1. The number of aromatic nitrogens is 2. The number of rotatable bonds is 3. The van der Waals surface area contributed by atoms with Gasteiger partial charge in [0.1, 0.15) is 0 Å². The molecule has 0 radical (unpaired) electrons. The Balaban J connectivity index is 1.74. The molecule has 2 fully saturated rings. The number of hydrogen-bond donors (Lipinski definition) is 2. The molecule has 1 saturated heterocycles. The molecule has 1 aliphatic heterocycles. The summed E-state index contributed by atoms with van der Waals surface area (Å²) >= 11 is 0. The third kappa shape index (κ3) is 2.58. The van der Waals surface area contributed by atoms with E-state index in [1.165, 1.54) is 0 Å². The topological polar surface area (TPSA) is 87.5 Å². The molecule has 2 heterocycles. The number of nitrogens with zero attached hydrogens (tertiary/aromatic N) is 3. The summed E-state index contributed by atoms with van der Waals surface area (Å²) in [5.74, 6) is -0.487. The van der Waals surface area contributed by atoms with E-state index in [4.69, 9.17) is 0 Å². The Bertz CT molecular complexity index is 639. The highest BCUT2D eigenvalue weighted by Gasteiger charge is 2.55. The van der Waals surface area contributed by atoms with Gasteiger partial charge in [-0.25, -0.2) is 4.79 Å². The molecule has 2 amide bonds. The lowest BCUT2D eigenvalue weighted by Gasteiger charge is -2.23. The summed E-state index contributed by atoms with van der Waals surface area (Å²) < 4.78 is 1.68. The van der Waals surface area contributed by atoms with Crippen molar-refractivity contribution in [3.05, 3.63) is 11.9 Å². The van der Waals surface area contributed by atoms with Gasteiger partial charge in [0.2, 0.25) is 0 Å². The van der Waals surface area contributed by atoms with Crippen molar-refractivity contribution in [2.45, 2.75) is 39.0 Å². The molecule has 23 heavy (non-hydrogen) atoms. The lowest BCUT2D eigenvalue weighted by Crippen LogP contribution is -2.38. The average molecular weight is 320 g/mol. The summed E-state index contributed by atoms with van der Waals surface area (Å²) in [6.45, 7) is 4.88. The van der Waals surface area contributed by atoms with Crippen molar-refractivity contribution in [3.8, 4) is 0 Å². The molecule has 2 aliphatic rings. The van der Waals surface area contributed by atoms with E-state index >= 15 is 0 Å². The van der Waals surface area contributed by atoms with Gasteiger partial charge >= 0.3 is 12.0 Å². The molecule has 3 rings (SSSR count). The van der Waals surface area contributed by atoms with Crippen LogP contribution in [-0.4, -0.2) is 44.9 Å². The average Bonchev–Trinajstić information content (AvgIpc) is 3.10. The molecule has 1 aliphatic carbocycles. The van der Waals surface area contributed by atoms with E-state index in [1.54, 1.807) is 15.8 Å². The fourth-order valence-electron chi connectivity index (χ4n) is 4.02. The zero-order valence-electron chi connectivity index (χ0n) is 13.9. The molecule has 1 aromatic heterocycles. The molecule has 2 atom stereocenters. The highest BCUT2D eigenvalue weighted by Crippen LogP contribution is 2.49. The highest BCUT2D eigenvalue weighted by molar-refractivity contribution is 5.91. The first-order chi connectivity index (χ1) is 10.8. The molecular formula is C16H24N4O3. The maximum atomic E-state index is 12.6. The zero-order valence-corrected chi connectivity index (χ0v) is 13.9. The second kappa shape index (κ2) is 5.54. The van der Waals surface area contributed by atoms with Crippen LogP contribution in [0.25, 0.3) is 0 Å². The van der Waals surface area contributed by atoms with Gasteiger partial charge in [0.05, 0.1) is 16.8 Å². The summed E-state index contributed by atoms with van der Waals surface area (Å²) in [7, 11) is 1.82. The third-order valence-corrected chi connectivity index (χ3v) is 5.23. The summed E-state index contributed by atoms with van der Waals surface area (Å²) in [4.78, 5) is 25.9. The minimum absolute atomic E-state index is 0.0733. The monoisotopic (exact) mass is 320 g/mol. The first-order valence-electron chi connectivity index (χ1n) is 8.16. The smallest absolute Gasteiger partial charge is 0.321 e. The molecule has 1 aromatic rings. The van der Waals surface area contributed by atoms with Crippen molar-refractivity contribution < 1.29 is 14.7 Å². The summed E-state index contributed by atoms with van der Waals surface area (Å²) in [6.07, 6.45) is 4.28. The Kier molecular flexibility index (Phi) is 3.82. The van der Waals surface area contributed by atoms with Crippen LogP contribution in [0.15, 0.2) is 6.20 Å². The Hall–Kier alpha value is -2.05. The lowest BCUT2D eigenvalue weighted by atomic mass is 9.81. The van der Waals surface area contributed by atoms with Gasteiger partial charge in [-0.2, -0.15) is 5.10 Å². The van der Waals surface area contributed by atoms with Crippen LogP contribution in [0, 0.1) is 11.3 Å². The van der Waals surface area contributed by atoms with Gasteiger partial charge in [0.25, 0.3) is 0 Å². The lowest BCUT2D eigenvalue weighted by molar-refractivity contribution is -0.149. The van der Waals surface area contributed by atoms with Crippen LogP contribution in [0.3, 0.4) is 0 Å². The molecule has 0 aromatic carbocycles. The number of carboxylic acids is 1. The quantitative estimate of drug-likeness (QED) is 0.894. The SMILES string of the molecule is CC(C)c1nn(C)cc1NC(=O)N1C[C@@H]2CCC[C@@]2(C(=O)O)C1. The van der Waals surface area contributed by atoms with E-state index in [2.05, 4.69) is 10.4 Å².